The number of furan rings is 1. The first kappa shape index (κ1) is 35.5. The van der Waals surface area contributed by atoms with Gasteiger partial charge in [0.05, 0.1) is 16.6 Å². The van der Waals surface area contributed by atoms with Gasteiger partial charge in [0.1, 0.15) is 11.2 Å². The molecule has 0 saturated carbocycles. The highest BCUT2D eigenvalue weighted by Crippen LogP contribution is 2.41. The van der Waals surface area contributed by atoms with E-state index in [4.69, 9.17) is 19.4 Å². The fourth-order valence-corrected chi connectivity index (χ4v) is 8.84. The van der Waals surface area contributed by atoms with Crippen molar-refractivity contribution >= 4 is 43.7 Å². The molecule has 0 radical (unpaired) electrons. The number of benzene rings is 9. The van der Waals surface area contributed by atoms with E-state index in [-0.39, 0.29) is 0 Å². The Hall–Kier alpha value is -8.41. The summed E-state index contributed by atoms with van der Waals surface area (Å²) in [7, 11) is 0. The van der Waals surface area contributed by atoms with E-state index >= 15 is 0 Å². The third kappa shape index (κ3) is 6.14. The monoisotopic (exact) mass is 792 g/mol. The molecule has 0 aliphatic heterocycles. The summed E-state index contributed by atoms with van der Waals surface area (Å²) in [6.45, 7) is 0. The van der Waals surface area contributed by atoms with E-state index < -0.39 is 0 Å². The van der Waals surface area contributed by atoms with Crippen LogP contribution >= 0.6 is 0 Å². The molecule has 3 aromatic heterocycles. The van der Waals surface area contributed by atoms with Gasteiger partial charge in [-0.25, -0.2) is 15.0 Å². The first-order valence-corrected chi connectivity index (χ1v) is 20.8. The van der Waals surface area contributed by atoms with Crippen molar-refractivity contribution in [3.05, 3.63) is 218 Å². The van der Waals surface area contributed by atoms with Crippen LogP contribution in [0.1, 0.15) is 0 Å². The highest BCUT2D eigenvalue weighted by atomic mass is 16.3. The predicted molar refractivity (Wildman–Crippen MR) is 254 cm³/mol. The molecule has 9 aromatic carbocycles. The molecule has 5 nitrogen and oxygen atoms in total. The van der Waals surface area contributed by atoms with E-state index in [0.29, 0.717) is 17.5 Å². The number of hydrogen-bond donors (Lipinski definition) is 0. The lowest BCUT2D eigenvalue weighted by molar-refractivity contribution is 0.670. The molecular formula is C57H36N4O. The largest absolute Gasteiger partial charge is 0.455 e. The van der Waals surface area contributed by atoms with E-state index in [9.17, 15) is 0 Å². The van der Waals surface area contributed by atoms with Crippen molar-refractivity contribution in [2.75, 3.05) is 0 Å². The fraction of sp³-hybridized carbons (Fsp3) is 0. The van der Waals surface area contributed by atoms with Crippen molar-refractivity contribution in [2.24, 2.45) is 0 Å². The summed E-state index contributed by atoms with van der Waals surface area (Å²) in [5, 5.41) is 4.39. The Bertz CT molecular complexity index is 3510. The van der Waals surface area contributed by atoms with Crippen LogP contribution in [0.2, 0.25) is 0 Å². The molecule has 0 aliphatic carbocycles. The topological polar surface area (TPSA) is 56.7 Å². The van der Waals surface area contributed by atoms with Crippen LogP contribution in [-0.2, 0) is 0 Å². The van der Waals surface area contributed by atoms with Crippen LogP contribution in [0, 0.1) is 0 Å². The molecule has 0 spiro atoms. The summed E-state index contributed by atoms with van der Waals surface area (Å²) in [6, 6.07) is 76.3. The van der Waals surface area contributed by atoms with Crippen molar-refractivity contribution in [1.29, 1.82) is 0 Å². The zero-order valence-electron chi connectivity index (χ0n) is 33.5. The molecule has 12 aromatic rings. The molecule has 0 amide bonds. The minimum atomic E-state index is 0.544. The van der Waals surface area contributed by atoms with Crippen molar-refractivity contribution in [3.63, 3.8) is 0 Å². The van der Waals surface area contributed by atoms with Gasteiger partial charge in [0.2, 0.25) is 0 Å². The molecule has 0 saturated heterocycles. The third-order valence-electron chi connectivity index (χ3n) is 11.9. The lowest BCUT2D eigenvalue weighted by atomic mass is 10.0. The predicted octanol–water partition coefficient (Wildman–Crippen LogP) is 14.9. The van der Waals surface area contributed by atoms with E-state index in [1.165, 1.54) is 16.5 Å². The smallest absolute Gasteiger partial charge is 0.167 e. The van der Waals surface area contributed by atoms with Crippen molar-refractivity contribution in [2.45, 2.75) is 0 Å². The lowest BCUT2D eigenvalue weighted by Gasteiger charge is -2.11. The summed E-state index contributed by atoms with van der Waals surface area (Å²) < 4.78 is 9.28. The highest BCUT2D eigenvalue weighted by molar-refractivity contribution is 6.18. The van der Waals surface area contributed by atoms with Crippen LogP contribution in [0.3, 0.4) is 0 Å². The Morgan fingerprint density at radius 3 is 1.42 bits per heavy atom. The highest BCUT2D eigenvalue weighted by Gasteiger charge is 2.21. The molecule has 0 N–H and O–H groups in total. The zero-order valence-corrected chi connectivity index (χ0v) is 33.5. The molecule has 0 unspecified atom stereocenters. The standard InChI is InChI=1S/C57H36N4O/c1-4-15-37(16-5-1)40-29-31-45(32-30-40)61-51-28-11-10-25-46(51)49-35-50-47-26-14-27-48(54(47)62-53(50)36-52(49)61)57-59-55(43-23-12-21-41(33-43)38-17-6-2-7-18-38)58-56(60-57)44-24-13-22-42(34-44)39-19-8-3-9-20-39/h1-36H. The summed E-state index contributed by atoms with van der Waals surface area (Å²) in [5.41, 5.74) is 14.3. The summed E-state index contributed by atoms with van der Waals surface area (Å²) in [5.74, 6) is 1.72. The molecule has 0 atom stereocenters. The third-order valence-corrected chi connectivity index (χ3v) is 11.9. The molecular weight excluding hydrogens is 757 g/mol. The van der Waals surface area contributed by atoms with Gasteiger partial charge in [0.25, 0.3) is 0 Å². The first-order valence-electron chi connectivity index (χ1n) is 20.8. The average molecular weight is 793 g/mol. The molecule has 290 valence electrons. The Morgan fingerprint density at radius 2 is 0.790 bits per heavy atom. The maximum atomic E-state index is 6.94. The van der Waals surface area contributed by atoms with Crippen LogP contribution in [0.4, 0.5) is 0 Å². The Balaban J connectivity index is 1.04. The molecule has 0 bridgehead atoms. The SMILES string of the molecule is c1ccc(-c2ccc(-n3c4ccccc4c4cc5c(cc43)oc3c(-c4nc(-c6cccc(-c7ccccc7)c6)nc(-c6cccc(-c7ccccc7)c6)n4)cccc35)cc2)cc1. The minimum Gasteiger partial charge on any atom is -0.455 e. The van der Waals surface area contributed by atoms with Crippen LogP contribution < -0.4 is 0 Å². The maximum Gasteiger partial charge on any atom is 0.167 e. The summed E-state index contributed by atoms with van der Waals surface area (Å²) in [6.07, 6.45) is 0. The fourth-order valence-electron chi connectivity index (χ4n) is 8.84. The van der Waals surface area contributed by atoms with Crippen molar-refractivity contribution in [1.82, 2.24) is 19.5 Å². The van der Waals surface area contributed by atoms with Crippen molar-refractivity contribution < 1.29 is 4.42 Å². The van der Waals surface area contributed by atoms with Crippen LogP contribution in [0.15, 0.2) is 223 Å². The van der Waals surface area contributed by atoms with Gasteiger partial charge in [-0.15, -0.1) is 0 Å². The van der Waals surface area contributed by atoms with Crippen LogP contribution in [0.25, 0.3) is 117 Å². The Morgan fingerprint density at radius 1 is 0.306 bits per heavy atom. The van der Waals surface area contributed by atoms with Gasteiger partial charge >= 0.3 is 0 Å². The number of aromatic nitrogens is 4. The maximum absolute atomic E-state index is 6.94. The van der Waals surface area contributed by atoms with Gasteiger partial charge in [-0.2, -0.15) is 0 Å². The second kappa shape index (κ2) is 14.7. The molecule has 0 aliphatic rings. The number of fused-ring (bicyclic) bond motifs is 6. The summed E-state index contributed by atoms with van der Waals surface area (Å²) in [4.78, 5) is 15.6. The first-order chi connectivity index (χ1) is 30.7. The minimum absolute atomic E-state index is 0.544. The van der Waals surface area contributed by atoms with E-state index in [1.54, 1.807) is 0 Å². The second-order valence-electron chi connectivity index (χ2n) is 15.6. The van der Waals surface area contributed by atoms with E-state index in [2.05, 4.69) is 211 Å². The van der Waals surface area contributed by atoms with Gasteiger partial charge in [-0.1, -0.05) is 170 Å². The van der Waals surface area contributed by atoms with Gasteiger partial charge < -0.3 is 8.98 Å². The van der Waals surface area contributed by atoms with Gasteiger partial charge in [-0.05, 0) is 75.8 Å². The Labute approximate surface area is 357 Å². The number of para-hydroxylation sites is 2. The number of nitrogens with zero attached hydrogens (tertiary/aromatic N) is 4. The molecule has 62 heavy (non-hydrogen) atoms. The molecule has 0 fully saturated rings. The quantitative estimate of drug-likeness (QED) is 0.161. The molecule has 12 rings (SSSR count). The zero-order chi connectivity index (χ0) is 41.0. The molecule has 5 heteroatoms. The summed E-state index contributed by atoms with van der Waals surface area (Å²) >= 11 is 0. The number of rotatable bonds is 7. The van der Waals surface area contributed by atoms with Crippen molar-refractivity contribution in [3.8, 4) is 73.2 Å². The van der Waals surface area contributed by atoms with Gasteiger partial charge in [-0.3, -0.25) is 0 Å². The Kier molecular flexibility index (Phi) is 8.42. The van der Waals surface area contributed by atoms with Crippen LogP contribution in [0.5, 0.6) is 0 Å². The van der Waals surface area contributed by atoms with Gasteiger partial charge in [0.15, 0.2) is 17.5 Å². The second-order valence-corrected chi connectivity index (χ2v) is 15.6. The molecule has 3 heterocycles. The van der Waals surface area contributed by atoms with Gasteiger partial charge in [0, 0.05) is 44.4 Å². The van der Waals surface area contributed by atoms with Crippen LogP contribution in [-0.4, -0.2) is 19.5 Å². The van der Waals surface area contributed by atoms with E-state index in [0.717, 1.165) is 83.0 Å². The number of hydrogen-bond acceptors (Lipinski definition) is 4. The van der Waals surface area contributed by atoms with E-state index in [1.807, 2.05) is 12.1 Å². The lowest BCUT2D eigenvalue weighted by Crippen LogP contribution is -2.00. The average Bonchev–Trinajstić information content (AvgIpc) is 3.89. The normalized spacial score (nSPS) is 11.5.